The number of nitrogens with zero attached hydrogens (tertiary/aromatic N) is 3. The highest BCUT2D eigenvalue weighted by molar-refractivity contribution is 7.89. The van der Waals surface area contributed by atoms with Gasteiger partial charge in [-0.2, -0.15) is 4.31 Å². The van der Waals surface area contributed by atoms with Crippen LogP contribution in [-0.4, -0.2) is 43.3 Å². The van der Waals surface area contributed by atoms with Gasteiger partial charge in [0.25, 0.3) is 5.69 Å². The van der Waals surface area contributed by atoms with Crippen molar-refractivity contribution in [3.05, 3.63) is 64.0 Å². The lowest BCUT2D eigenvalue weighted by Gasteiger charge is -2.40. The van der Waals surface area contributed by atoms with E-state index in [1.54, 1.807) is 36.1 Å². The molecule has 0 aromatic heterocycles. The molecule has 144 valence electrons. The summed E-state index contributed by atoms with van der Waals surface area (Å²) in [6, 6.07) is 9.79. The molecule has 0 saturated carbocycles. The van der Waals surface area contributed by atoms with Gasteiger partial charge in [-0.05, 0) is 32.0 Å². The molecule has 1 heterocycles. The maximum absolute atomic E-state index is 14.3. The molecule has 0 unspecified atom stereocenters. The highest BCUT2D eigenvalue weighted by atomic mass is 32.2. The number of hydrogen-bond donors (Lipinski definition) is 0. The number of halogens is 1. The number of nitro benzene ring substituents is 1. The highest BCUT2D eigenvalue weighted by Gasteiger charge is 2.34. The first-order valence-corrected chi connectivity index (χ1v) is 9.91. The fraction of sp³-hybridized carbons (Fsp3) is 0.333. The largest absolute Gasteiger partial charge is 0.366 e. The molecule has 1 fully saturated rings. The van der Waals surface area contributed by atoms with Crippen molar-refractivity contribution in [3.63, 3.8) is 0 Å². The number of hydrogen-bond acceptors (Lipinski definition) is 5. The lowest BCUT2D eigenvalue weighted by atomic mass is 10.2. The first kappa shape index (κ1) is 19.2. The second-order valence-corrected chi connectivity index (χ2v) is 8.51. The molecule has 0 spiro atoms. The van der Waals surface area contributed by atoms with Gasteiger partial charge < -0.3 is 4.90 Å². The third-order valence-electron chi connectivity index (χ3n) is 4.68. The van der Waals surface area contributed by atoms with Gasteiger partial charge in [-0.3, -0.25) is 10.1 Å². The van der Waals surface area contributed by atoms with Gasteiger partial charge in [0, 0.05) is 31.7 Å². The van der Waals surface area contributed by atoms with Crippen LogP contribution >= 0.6 is 0 Å². The van der Waals surface area contributed by atoms with E-state index in [4.69, 9.17) is 0 Å². The lowest BCUT2D eigenvalue weighted by Crippen LogP contribution is -2.54. The van der Waals surface area contributed by atoms with Crippen molar-refractivity contribution in [3.8, 4) is 0 Å². The van der Waals surface area contributed by atoms with Crippen molar-refractivity contribution in [1.82, 2.24) is 4.31 Å². The molecule has 27 heavy (non-hydrogen) atoms. The number of benzene rings is 2. The number of anilines is 1. The molecule has 0 radical (unpaired) electrons. The quantitative estimate of drug-likeness (QED) is 0.589. The Balaban J connectivity index is 1.80. The SMILES string of the molecule is Cc1ccc(S(=O)(=O)N2CCN(c3ccc([N+](=O)[O-])cc3F)C[C@@H]2C)cc1. The predicted molar refractivity (Wildman–Crippen MR) is 99.8 cm³/mol. The van der Waals surface area contributed by atoms with Crippen molar-refractivity contribution >= 4 is 21.4 Å². The molecule has 1 aliphatic rings. The van der Waals surface area contributed by atoms with Crippen molar-refractivity contribution in [2.45, 2.75) is 24.8 Å². The highest BCUT2D eigenvalue weighted by Crippen LogP contribution is 2.28. The van der Waals surface area contributed by atoms with Crippen LogP contribution in [0, 0.1) is 22.9 Å². The van der Waals surface area contributed by atoms with Crippen molar-refractivity contribution < 1.29 is 17.7 Å². The van der Waals surface area contributed by atoms with Crippen LogP contribution in [0.1, 0.15) is 12.5 Å². The molecular weight excluding hydrogens is 373 g/mol. The molecule has 1 saturated heterocycles. The predicted octanol–water partition coefficient (Wildman–Crippen LogP) is 2.94. The van der Waals surface area contributed by atoms with Gasteiger partial charge in [-0.15, -0.1) is 0 Å². The number of piperazine rings is 1. The molecule has 3 rings (SSSR count). The Labute approximate surface area is 157 Å². The molecule has 0 bridgehead atoms. The van der Waals surface area contributed by atoms with Crippen LogP contribution in [0.25, 0.3) is 0 Å². The van der Waals surface area contributed by atoms with Crippen molar-refractivity contribution in [2.75, 3.05) is 24.5 Å². The zero-order chi connectivity index (χ0) is 19.8. The van der Waals surface area contributed by atoms with Crippen molar-refractivity contribution in [2.24, 2.45) is 0 Å². The van der Waals surface area contributed by atoms with Crippen molar-refractivity contribution in [1.29, 1.82) is 0 Å². The summed E-state index contributed by atoms with van der Waals surface area (Å²) < 4.78 is 41.5. The van der Waals surface area contributed by atoms with Crippen LogP contribution in [0.3, 0.4) is 0 Å². The van der Waals surface area contributed by atoms with E-state index in [-0.39, 0.29) is 28.9 Å². The minimum atomic E-state index is -3.64. The van der Waals surface area contributed by atoms with E-state index >= 15 is 0 Å². The number of sulfonamides is 1. The zero-order valence-corrected chi connectivity index (χ0v) is 15.8. The van der Waals surface area contributed by atoms with Crippen LogP contribution < -0.4 is 4.90 Å². The average Bonchev–Trinajstić information content (AvgIpc) is 2.61. The number of aryl methyl sites for hydroxylation is 1. The molecule has 2 aromatic rings. The third kappa shape index (κ3) is 3.79. The molecule has 2 aromatic carbocycles. The van der Waals surface area contributed by atoms with E-state index in [9.17, 15) is 22.9 Å². The summed E-state index contributed by atoms with van der Waals surface area (Å²) in [6.07, 6.45) is 0. The first-order valence-electron chi connectivity index (χ1n) is 8.47. The van der Waals surface area contributed by atoms with Gasteiger partial charge in [0.05, 0.1) is 21.6 Å². The zero-order valence-electron chi connectivity index (χ0n) is 15.0. The first-order chi connectivity index (χ1) is 12.7. The second-order valence-electron chi connectivity index (χ2n) is 6.62. The summed E-state index contributed by atoms with van der Waals surface area (Å²) in [5, 5.41) is 10.8. The van der Waals surface area contributed by atoms with E-state index < -0.39 is 20.8 Å². The summed E-state index contributed by atoms with van der Waals surface area (Å²) in [5.41, 5.74) is 0.894. The van der Waals surface area contributed by atoms with Gasteiger partial charge in [0.2, 0.25) is 10.0 Å². The summed E-state index contributed by atoms with van der Waals surface area (Å²) in [7, 11) is -3.64. The minimum absolute atomic E-state index is 0.202. The summed E-state index contributed by atoms with van der Waals surface area (Å²) in [5.74, 6) is -0.689. The molecule has 0 N–H and O–H groups in total. The molecule has 7 nitrogen and oxygen atoms in total. The van der Waals surface area contributed by atoms with Crippen LogP contribution in [0.4, 0.5) is 15.8 Å². The van der Waals surface area contributed by atoms with Gasteiger partial charge >= 0.3 is 0 Å². The summed E-state index contributed by atoms with van der Waals surface area (Å²) >= 11 is 0. The van der Waals surface area contributed by atoms with E-state index in [0.29, 0.717) is 13.1 Å². The molecule has 1 atom stereocenters. The van der Waals surface area contributed by atoms with Crippen LogP contribution in [-0.2, 0) is 10.0 Å². The molecule has 9 heteroatoms. The fourth-order valence-electron chi connectivity index (χ4n) is 3.23. The maximum Gasteiger partial charge on any atom is 0.272 e. The Kier molecular flexibility index (Phi) is 5.16. The Bertz CT molecular complexity index is 963. The topological polar surface area (TPSA) is 83.8 Å². The van der Waals surface area contributed by atoms with Crippen LogP contribution in [0.15, 0.2) is 47.4 Å². The van der Waals surface area contributed by atoms with E-state index in [2.05, 4.69) is 0 Å². The molecular formula is C18H20FN3O4S. The van der Waals surface area contributed by atoms with Crippen LogP contribution in [0.2, 0.25) is 0 Å². The third-order valence-corrected chi connectivity index (χ3v) is 6.70. The number of rotatable bonds is 4. The maximum atomic E-state index is 14.3. The Morgan fingerprint density at radius 1 is 1.15 bits per heavy atom. The van der Waals surface area contributed by atoms with E-state index in [0.717, 1.165) is 11.6 Å². The van der Waals surface area contributed by atoms with Crippen LogP contribution in [0.5, 0.6) is 0 Å². The summed E-state index contributed by atoms with van der Waals surface area (Å²) in [4.78, 5) is 12.0. The number of non-ortho nitro benzene ring substituents is 1. The summed E-state index contributed by atoms with van der Waals surface area (Å²) in [6.45, 7) is 4.44. The van der Waals surface area contributed by atoms with Gasteiger partial charge in [0.1, 0.15) is 0 Å². The van der Waals surface area contributed by atoms with Gasteiger partial charge in [-0.1, -0.05) is 17.7 Å². The van der Waals surface area contributed by atoms with Gasteiger partial charge in [0.15, 0.2) is 5.82 Å². The smallest absolute Gasteiger partial charge is 0.272 e. The molecule has 0 amide bonds. The monoisotopic (exact) mass is 393 g/mol. The lowest BCUT2D eigenvalue weighted by molar-refractivity contribution is -0.385. The van der Waals surface area contributed by atoms with Gasteiger partial charge in [-0.25, -0.2) is 12.8 Å². The average molecular weight is 393 g/mol. The molecule has 0 aliphatic carbocycles. The van der Waals surface area contributed by atoms with E-state index in [1.807, 2.05) is 6.92 Å². The second kappa shape index (κ2) is 7.24. The Hall–Kier alpha value is -2.52. The fourth-order valence-corrected chi connectivity index (χ4v) is 4.84. The standard InChI is InChI=1S/C18H20FN3O4S/c1-13-3-6-16(7-4-13)27(25,26)21-10-9-20(12-14(21)2)18-8-5-15(22(23)24)11-17(18)19/h3-8,11,14H,9-10,12H2,1-2H3/t14-/m0/s1. The minimum Gasteiger partial charge on any atom is -0.366 e. The number of nitro groups is 1. The Morgan fingerprint density at radius 3 is 2.37 bits per heavy atom. The normalized spacial score (nSPS) is 18.5. The van der Waals surface area contributed by atoms with E-state index in [1.165, 1.54) is 16.4 Å². The Morgan fingerprint density at radius 2 is 1.81 bits per heavy atom. The molecule has 1 aliphatic heterocycles.